The van der Waals surface area contributed by atoms with Crippen LogP contribution in [0.15, 0.2) is 46.9 Å². The van der Waals surface area contributed by atoms with Crippen molar-refractivity contribution in [1.82, 2.24) is 15.5 Å². The first-order valence-corrected chi connectivity index (χ1v) is 9.55. The molecule has 0 aromatic heterocycles. The summed E-state index contributed by atoms with van der Waals surface area (Å²) in [6, 6.07) is 12.0. The van der Waals surface area contributed by atoms with E-state index in [4.69, 9.17) is 11.6 Å². The fourth-order valence-electron chi connectivity index (χ4n) is 2.78. The Morgan fingerprint density at radius 2 is 1.78 bits per heavy atom. The van der Waals surface area contributed by atoms with Gasteiger partial charge in [0.25, 0.3) is 11.8 Å². The van der Waals surface area contributed by atoms with Crippen LogP contribution < -0.4 is 10.6 Å². The number of carbonyl (C=O) groups is 3. The van der Waals surface area contributed by atoms with Crippen LogP contribution in [0.5, 0.6) is 0 Å². The molecule has 1 aliphatic heterocycles. The average molecular weight is 451 g/mol. The van der Waals surface area contributed by atoms with Gasteiger partial charge in [0.05, 0.1) is 11.1 Å². The van der Waals surface area contributed by atoms with Crippen molar-refractivity contribution >= 4 is 45.4 Å². The SMILES string of the molecule is O=C(NCCCN1C(=O)c2ccc(Br)cc2C1=O)NCc1ccccc1Cl. The minimum absolute atomic E-state index is 0.245. The molecule has 1 aliphatic rings. The van der Waals surface area contributed by atoms with Gasteiger partial charge in [0, 0.05) is 29.1 Å². The summed E-state index contributed by atoms with van der Waals surface area (Å²) >= 11 is 9.34. The summed E-state index contributed by atoms with van der Waals surface area (Å²) in [5.41, 5.74) is 1.64. The Labute approximate surface area is 170 Å². The predicted octanol–water partition coefficient (Wildman–Crippen LogP) is 3.59. The normalized spacial score (nSPS) is 12.9. The van der Waals surface area contributed by atoms with Gasteiger partial charge in [-0.25, -0.2) is 4.79 Å². The van der Waals surface area contributed by atoms with Crippen LogP contribution in [-0.2, 0) is 6.54 Å². The molecule has 6 nitrogen and oxygen atoms in total. The third-order valence-corrected chi connectivity index (χ3v) is 5.04. The molecule has 2 aromatic rings. The van der Waals surface area contributed by atoms with Crippen LogP contribution in [0.2, 0.25) is 5.02 Å². The summed E-state index contributed by atoms with van der Waals surface area (Å²) in [4.78, 5) is 37.7. The quantitative estimate of drug-likeness (QED) is 0.521. The van der Waals surface area contributed by atoms with Crippen molar-refractivity contribution in [2.75, 3.05) is 13.1 Å². The number of amides is 4. The Balaban J connectivity index is 1.43. The number of nitrogens with zero attached hydrogens (tertiary/aromatic N) is 1. The third-order valence-electron chi connectivity index (χ3n) is 4.17. The summed E-state index contributed by atoms with van der Waals surface area (Å²) < 4.78 is 0.751. The Bertz CT molecular complexity index is 904. The van der Waals surface area contributed by atoms with Crippen molar-refractivity contribution < 1.29 is 14.4 Å². The van der Waals surface area contributed by atoms with Gasteiger partial charge in [0.1, 0.15) is 0 Å². The summed E-state index contributed by atoms with van der Waals surface area (Å²) in [6.45, 7) is 0.902. The number of hydrogen-bond acceptors (Lipinski definition) is 3. The average Bonchev–Trinajstić information content (AvgIpc) is 2.88. The molecule has 0 spiro atoms. The van der Waals surface area contributed by atoms with E-state index >= 15 is 0 Å². The lowest BCUT2D eigenvalue weighted by Gasteiger charge is -2.14. The second-order valence-corrected chi connectivity index (χ2v) is 7.33. The van der Waals surface area contributed by atoms with Crippen molar-refractivity contribution in [2.24, 2.45) is 0 Å². The molecule has 140 valence electrons. The first-order valence-electron chi connectivity index (χ1n) is 8.38. The van der Waals surface area contributed by atoms with Crippen LogP contribution in [-0.4, -0.2) is 35.8 Å². The van der Waals surface area contributed by atoms with Gasteiger partial charge < -0.3 is 10.6 Å². The molecule has 27 heavy (non-hydrogen) atoms. The van der Waals surface area contributed by atoms with E-state index in [0.29, 0.717) is 35.7 Å². The Hall–Kier alpha value is -2.38. The van der Waals surface area contributed by atoms with Crippen LogP contribution in [0.3, 0.4) is 0 Å². The highest BCUT2D eigenvalue weighted by Gasteiger charge is 2.34. The van der Waals surface area contributed by atoms with Crippen LogP contribution in [0.1, 0.15) is 32.7 Å². The first kappa shape index (κ1) is 19.4. The lowest BCUT2D eigenvalue weighted by Crippen LogP contribution is -2.37. The van der Waals surface area contributed by atoms with E-state index in [9.17, 15) is 14.4 Å². The lowest BCUT2D eigenvalue weighted by atomic mass is 10.1. The van der Waals surface area contributed by atoms with Crippen molar-refractivity contribution in [3.05, 3.63) is 68.7 Å². The van der Waals surface area contributed by atoms with Crippen LogP contribution in [0.4, 0.5) is 4.79 Å². The molecule has 2 aromatic carbocycles. The number of benzene rings is 2. The number of hydrogen-bond donors (Lipinski definition) is 2. The fourth-order valence-corrected chi connectivity index (χ4v) is 3.35. The van der Waals surface area contributed by atoms with Gasteiger partial charge in [0.15, 0.2) is 0 Å². The molecule has 0 radical (unpaired) electrons. The summed E-state index contributed by atoms with van der Waals surface area (Å²) in [5.74, 6) is -0.606. The number of halogens is 2. The van der Waals surface area contributed by atoms with E-state index < -0.39 is 0 Å². The predicted molar refractivity (Wildman–Crippen MR) is 106 cm³/mol. The second kappa shape index (κ2) is 8.54. The maximum Gasteiger partial charge on any atom is 0.315 e. The van der Waals surface area contributed by atoms with E-state index in [1.165, 1.54) is 4.90 Å². The topological polar surface area (TPSA) is 78.5 Å². The highest BCUT2D eigenvalue weighted by atomic mass is 79.9. The molecule has 0 unspecified atom stereocenters. The van der Waals surface area contributed by atoms with Gasteiger partial charge >= 0.3 is 6.03 Å². The molecule has 0 bridgehead atoms. The summed E-state index contributed by atoms with van der Waals surface area (Å²) in [7, 11) is 0. The molecule has 0 saturated heterocycles. The molecule has 0 aliphatic carbocycles. The molecule has 2 N–H and O–H groups in total. The molecule has 8 heteroatoms. The zero-order valence-electron chi connectivity index (χ0n) is 14.3. The largest absolute Gasteiger partial charge is 0.338 e. The van der Waals surface area contributed by atoms with Gasteiger partial charge in [-0.15, -0.1) is 0 Å². The number of rotatable bonds is 6. The summed E-state index contributed by atoms with van der Waals surface area (Å²) in [5, 5.41) is 6.02. The number of imide groups is 1. The molecule has 0 atom stereocenters. The van der Waals surface area contributed by atoms with E-state index in [2.05, 4.69) is 26.6 Å². The Morgan fingerprint density at radius 1 is 1.04 bits per heavy atom. The molecule has 1 heterocycles. The number of urea groups is 1. The highest BCUT2D eigenvalue weighted by molar-refractivity contribution is 9.10. The third kappa shape index (κ3) is 4.48. The minimum Gasteiger partial charge on any atom is -0.338 e. The fraction of sp³-hybridized carbons (Fsp3) is 0.211. The van der Waals surface area contributed by atoms with Gasteiger partial charge in [0.2, 0.25) is 0 Å². The minimum atomic E-state index is -0.332. The van der Waals surface area contributed by atoms with Crippen LogP contribution in [0.25, 0.3) is 0 Å². The van der Waals surface area contributed by atoms with E-state index in [0.717, 1.165) is 10.0 Å². The molecule has 3 rings (SSSR count). The lowest BCUT2D eigenvalue weighted by molar-refractivity contribution is 0.0653. The first-order chi connectivity index (χ1) is 13.0. The Morgan fingerprint density at radius 3 is 2.56 bits per heavy atom. The zero-order chi connectivity index (χ0) is 19.4. The summed E-state index contributed by atoms with van der Waals surface area (Å²) in [6.07, 6.45) is 0.464. The van der Waals surface area contributed by atoms with Crippen molar-refractivity contribution in [3.63, 3.8) is 0 Å². The van der Waals surface area contributed by atoms with Gasteiger partial charge in [-0.3, -0.25) is 14.5 Å². The Kier molecular flexibility index (Phi) is 6.13. The van der Waals surface area contributed by atoms with E-state index in [1.807, 2.05) is 18.2 Å². The number of carbonyl (C=O) groups excluding carboxylic acids is 3. The maximum absolute atomic E-state index is 12.4. The smallest absolute Gasteiger partial charge is 0.315 e. The van der Waals surface area contributed by atoms with Crippen molar-refractivity contribution in [2.45, 2.75) is 13.0 Å². The standard InChI is InChI=1S/C19H17BrClN3O3/c20-13-6-7-14-15(10-13)18(26)24(17(14)25)9-3-8-22-19(27)23-11-12-4-1-2-5-16(12)21/h1-2,4-7,10H,3,8-9,11H2,(H2,22,23,27). The van der Waals surface area contributed by atoms with E-state index in [-0.39, 0.29) is 24.4 Å². The van der Waals surface area contributed by atoms with Gasteiger partial charge in [-0.05, 0) is 36.2 Å². The monoisotopic (exact) mass is 449 g/mol. The van der Waals surface area contributed by atoms with Gasteiger partial charge in [-0.2, -0.15) is 0 Å². The highest BCUT2D eigenvalue weighted by Crippen LogP contribution is 2.26. The molecular formula is C19H17BrClN3O3. The van der Waals surface area contributed by atoms with Gasteiger partial charge in [-0.1, -0.05) is 45.7 Å². The number of fused-ring (bicyclic) bond motifs is 1. The molecular weight excluding hydrogens is 434 g/mol. The second-order valence-electron chi connectivity index (χ2n) is 6.01. The number of nitrogens with one attached hydrogen (secondary N) is 2. The zero-order valence-corrected chi connectivity index (χ0v) is 16.6. The van der Waals surface area contributed by atoms with Crippen LogP contribution >= 0.6 is 27.5 Å². The van der Waals surface area contributed by atoms with E-state index in [1.54, 1.807) is 24.3 Å². The van der Waals surface area contributed by atoms with Crippen LogP contribution in [0, 0.1) is 0 Å². The van der Waals surface area contributed by atoms with Crippen molar-refractivity contribution in [1.29, 1.82) is 0 Å². The molecule has 4 amide bonds. The molecule has 0 fully saturated rings. The van der Waals surface area contributed by atoms with Crippen molar-refractivity contribution in [3.8, 4) is 0 Å². The molecule has 0 saturated carbocycles. The maximum atomic E-state index is 12.4.